The predicted octanol–water partition coefficient (Wildman–Crippen LogP) is 1.05. The van der Waals surface area contributed by atoms with Crippen molar-refractivity contribution in [2.45, 2.75) is 12.5 Å². The number of nitrogens with one attached hydrogen (secondary N) is 1. The van der Waals surface area contributed by atoms with E-state index in [0.29, 0.717) is 25.2 Å². The Bertz CT molecular complexity index is 440. The van der Waals surface area contributed by atoms with Gasteiger partial charge in [-0.3, -0.25) is 4.79 Å². The number of benzene rings is 1. The predicted molar refractivity (Wildman–Crippen MR) is 68.3 cm³/mol. The molecule has 5 nitrogen and oxygen atoms in total. The van der Waals surface area contributed by atoms with Crippen molar-refractivity contribution in [2.24, 2.45) is 5.92 Å². The molecule has 1 aliphatic heterocycles. The molecule has 1 saturated heterocycles. The van der Waals surface area contributed by atoms with E-state index >= 15 is 0 Å². The van der Waals surface area contributed by atoms with Crippen molar-refractivity contribution >= 4 is 11.9 Å². The Kier molecular flexibility index (Phi) is 4.52. The summed E-state index contributed by atoms with van der Waals surface area (Å²) in [6.07, 6.45) is 0.689. The molecule has 0 spiro atoms. The molecule has 1 fully saturated rings. The van der Waals surface area contributed by atoms with Gasteiger partial charge in [-0.1, -0.05) is 30.3 Å². The van der Waals surface area contributed by atoms with Crippen molar-refractivity contribution in [3.05, 3.63) is 35.9 Å². The number of rotatable bonds is 4. The molecule has 1 N–H and O–H groups in total. The van der Waals surface area contributed by atoms with Crippen LogP contribution < -0.4 is 5.32 Å². The fraction of sp³-hybridized carbons (Fsp3) is 0.429. The number of methoxy groups -OCH3 is 1. The maximum absolute atomic E-state index is 12.1. The summed E-state index contributed by atoms with van der Waals surface area (Å²) in [7, 11) is 1.31. The van der Waals surface area contributed by atoms with E-state index in [1.165, 1.54) is 7.11 Å². The van der Waals surface area contributed by atoms with Gasteiger partial charge in [0.15, 0.2) is 6.04 Å². The molecule has 0 saturated carbocycles. The van der Waals surface area contributed by atoms with E-state index in [-0.39, 0.29) is 11.8 Å². The third kappa shape index (κ3) is 3.32. The van der Waals surface area contributed by atoms with E-state index in [1.54, 1.807) is 12.1 Å². The first-order valence-corrected chi connectivity index (χ1v) is 6.23. The van der Waals surface area contributed by atoms with Gasteiger partial charge >= 0.3 is 5.97 Å². The summed E-state index contributed by atoms with van der Waals surface area (Å²) in [5.41, 5.74) is 0.710. The van der Waals surface area contributed by atoms with Crippen molar-refractivity contribution < 1.29 is 19.1 Å². The Morgan fingerprint density at radius 3 is 2.68 bits per heavy atom. The van der Waals surface area contributed by atoms with Crippen molar-refractivity contribution in [3.8, 4) is 0 Å². The minimum atomic E-state index is -0.765. The summed E-state index contributed by atoms with van der Waals surface area (Å²) in [5.74, 6) is -0.828. The molecule has 2 atom stereocenters. The maximum atomic E-state index is 12.1. The number of hydrogen-bond donors (Lipinski definition) is 1. The molecular formula is C14H17NO4. The summed E-state index contributed by atoms with van der Waals surface area (Å²) < 4.78 is 9.92. The maximum Gasteiger partial charge on any atom is 0.333 e. The van der Waals surface area contributed by atoms with Gasteiger partial charge in [-0.25, -0.2) is 4.79 Å². The standard InChI is InChI=1S/C14H17NO4/c1-18-14(17)12(10-5-3-2-4-6-10)15-13(16)11-7-8-19-9-11/h2-6,11-12H,7-9H2,1H3,(H,15,16). The number of ether oxygens (including phenoxy) is 2. The Labute approximate surface area is 111 Å². The highest BCUT2D eigenvalue weighted by atomic mass is 16.5. The average Bonchev–Trinajstić information content (AvgIpc) is 2.99. The first-order valence-electron chi connectivity index (χ1n) is 6.23. The Hall–Kier alpha value is -1.88. The lowest BCUT2D eigenvalue weighted by Gasteiger charge is -2.18. The fourth-order valence-corrected chi connectivity index (χ4v) is 2.04. The topological polar surface area (TPSA) is 64.6 Å². The molecule has 0 aromatic heterocycles. The summed E-state index contributed by atoms with van der Waals surface area (Å²) in [4.78, 5) is 23.8. The van der Waals surface area contributed by atoms with Gasteiger partial charge < -0.3 is 14.8 Å². The van der Waals surface area contributed by atoms with Gasteiger partial charge in [0.1, 0.15) is 0 Å². The smallest absolute Gasteiger partial charge is 0.333 e. The second-order valence-electron chi connectivity index (χ2n) is 4.44. The van der Waals surface area contributed by atoms with Crippen LogP contribution >= 0.6 is 0 Å². The number of amides is 1. The summed E-state index contributed by atoms with van der Waals surface area (Å²) in [6.45, 7) is 1.00. The summed E-state index contributed by atoms with van der Waals surface area (Å²) >= 11 is 0. The van der Waals surface area contributed by atoms with Crippen molar-refractivity contribution in [2.75, 3.05) is 20.3 Å². The van der Waals surface area contributed by atoms with E-state index in [2.05, 4.69) is 5.32 Å². The molecule has 0 aliphatic carbocycles. The van der Waals surface area contributed by atoms with Crippen LogP contribution in [0.3, 0.4) is 0 Å². The SMILES string of the molecule is COC(=O)C(NC(=O)C1CCOC1)c1ccccc1. The second-order valence-corrected chi connectivity index (χ2v) is 4.44. The summed E-state index contributed by atoms with van der Waals surface area (Å²) in [5, 5.41) is 2.73. The van der Waals surface area contributed by atoms with Crippen LogP contribution in [0.5, 0.6) is 0 Å². The van der Waals surface area contributed by atoms with Crippen LogP contribution in [-0.2, 0) is 19.1 Å². The molecule has 1 heterocycles. The van der Waals surface area contributed by atoms with Gasteiger partial charge in [0.25, 0.3) is 0 Å². The Morgan fingerprint density at radius 1 is 1.37 bits per heavy atom. The minimum Gasteiger partial charge on any atom is -0.467 e. The lowest BCUT2D eigenvalue weighted by Crippen LogP contribution is -2.38. The quantitative estimate of drug-likeness (QED) is 0.825. The number of esters is 1. The molecule has 102 valence electrons. The van der Waals surface area contributed by atoms with Crippen LogP contribution in [0.2, 0.25) is 0 Å². The second kappa shape index (κ2) is 6.33. The van der Waals surface area contributed by atoms with Gasteiger partial charge in [0, 0.05) is 6.61 Å². The number of carbonyl (C=O) groups excluding carboxylic acids is 2. The van der Waals surface area contributed by atoms with Crippen molar-refractivity contribution in [1.82, 2.24) is 5.32 Å². The fourth-order valence-electron chi connectivity index (χ4n) is 2.04. The van der Waals surface area contributed by atoms with Crippen LogP contribution in [0.15, 0.2) is 30.3 Å². The number of carbonyl (C=O) groups is 2. The van der Waals surface area contributed by atoms with Crippen LogP contribution in [0, 0.1) is 5.92 Å². The van der Waals surface area contributed by atoms with Gasteiger partial charge in [-0.15, -0.1) is 0 Å². The zero-order chi connectivity index (χ0) is 13.7. The normalized spacial score (nSPS) is 19.7. The molecule has 2 rings (SSSR count). The van der Waals surface area contributed by atoms with Gasteiger partial charge in [0.05, 0.1) is 19.6 Å². The average molecular weight is 263 g/mol. The molecular weight excluding hydrogens is 246 g/mol. The van der Waals surface area contributed by atoms with Gasteiger partial charge in [0.2, 0.25) is 5.91 Å². The molecule has 1 aromatic carbocycles. The highest BCUT2D eigenvalue weighted by Gasteiger charge is 2.29. The first kappa shape index (κ1) is 13.5. The molecule has 1 amide bonds. The highest BCUT2D eigenvalue weighted by Crippen LogP contribution is 2.18. The summed E-state index contributed by atoms with van der Waals surface area (Å²) in [6, 6.07) is 8.29. The van der Waals surface area contributed by atoms with Crippen LogP contribution in [0.25, 0.3) is 0 Å². The molecule has 1 aliphatic rings. The molecule has 0 bridgehead atoms. The van der Waals surface area contributed by atoms with E-state index in [0.717, 1.165) is 0 Å². The minimum absolute atomic E-state index is 0.170. The molecule has 19 heavy (non-hydrogen) atoms. The van der Waals surface area contributed by atoms with Crippen LogP contribution in [-0.4, -0.2) is 32.2 Å². The Balaban J connectivity index is 2.10. The van der Waals surface area contributed by atoms with E-state index in [9.17, 15) is 9.59 Å². The molecule has 2 unspecified atom stereocenters. The largest absolute Gasteiger partial charge is 0.467 e. The molecule has 1 aromatic rings. The number of hydrogen-bond acceptors (Lipinski definition) is 4. The lowest BCUT2D eigenvalue weighted by molar-refractivity contribution is -0.145. The zero-order valence-electron chi connectivity index (χ0n) is 10.8. The van der Waals surface area contributed by atoms with E-state index in [1.807, 2.05) is 18.2 Å². The van der Waals surface area contributed by atoms with Gasteiger partial charge in [-0.2, -0.15) is 0 Å². The highest BCUT2D eigenvalue weighted by molar-refractivity contribution is 5.86. The third-order valence-corrected chi connectivity index (χ3v) is 3.16. The van der Waals surface area contributed by atoms with Crippen molar-refractivity contribution in [1.29, 1.82) is 0 Å². The first-order chi connectivity index (χ1) is 9.22. The van der Waals surface area contributed by atoms with Crippen molar-refractivity contribution in [3.63, 3.8) is 0 Å². The zero-order valence-corrected chi connectivity index (χ0v) is 10.8. The Morgan fingerprint density at radius 2 is 2.11 bits per heavy atom. The van der Waals surface area contributed by atoms with Gasteiger partial charge in [-0.05, 0) is 12.0 Å². The van der Waals surface area contributed by atoms with E-state index in [4.69, 9.17) is 9.47 Å². The third-order valence-electron chi connectivity index (χ3n) is 3.16. The molecule has 5 heteroatoms. The lowest BCUT2D eigenvalue weighted by atomic mass is 10.0. The van der Waals surface area contributed by atoms with Crippen LogP contribution in [0.1, 0.15) is 18.0 Å². The van der Waals surface area contributed by atoms with E-state index < -0.39 is 12.0 Å². The molecule has 0 radical (unpaired) electrons. The van der Waals surface area contributed by atoms with Crippen LogP contribution in [0.4, 0.5) is 0 Å². The monoisotopic (exact) mass is 263 g/mol.